The lowest BCUT2D eigenvalue weighted by Gasteiger charge is -2.79. The molecule has 3 aliphatic carbocycles. The number of cyclic esters (lactones) is 1. The van der Waals surface area contributed by atoms with E-state index in [1.165, 1.54) is 13.4 Å². The summed E-state index contributed by atoms with van der Waals surface area (Å²) in [6, 6.07) is 1.77. The lowest BCUT2D eigenvalue weighted by atomic mass is 9.33. The van der Waals surface area contributed by atoms with E-state index in [0.717, 1.165) is 0 Å². The standard InChI is InChI=1S/C37H50O11/c1-10-19(3)31(41)46-30-26-28(40)35(8,23(33(30,5)6)16-24(38)43-9)22-12-14-34(7)29(21-13-15-44-18-21)45-25(39)17-36(34)27(22)37(26,48-36)47-32(42)20(4)11-2/h13,15,18-20,22-23,26-27,29-30H,10-12,14,16-17H2,1-9H3/t19-,20-,22-,23+,26-,27?,29+,30-,34+,35-,36-,37-/m1/s1. The second kappa shape index (κ2) is 11.4. The number of ether oxygens (including phenoxy) is 5. The Morgan fingerprint density at radius 2 is 1.69 bits per heavy atom. The molecule has 0 N–H and O–H groups in total. The molecule has 3 heterocycles. The van der Waals surface area contributed by atoms with Gasteiger partial charge in [-0.3, -0.25) is 24.0 Å². The molecule has 1 aromatic rings. The zero-order chi connectivity index (χ0) is 35.2. The van der Waals surface area contributed by atoms with Gasteiger partial charge < -0.3 is 28.1 Å². The Labute approximate surface area is 282 Å². The van der Waals surface area contributed by atoms with Crippen LogP contribution in [-0.2, 0) is 47.7 Å². The molecule has 11 heteroatoms. The topological polar surface area (TPSA) is 145 Å². The van der Waals surface area contributed by atoms with E-state index in [1.54, 1.807) is 26.2 Å². The number of ketones is 1. The van der Waals surface area contributed by atoms with Crippen molar-refractivity contribution in [2.45, 2.75) is 118 Å². The van der Waals surface area contributed by atoms with Gasteiger partial charge in [0.2, 0.25) is 5.79 Å². The average molecular weight is 671 g/mol. The number of furan rings is 1. The molecule has 264 valence electrons. The van der Waals surface area contributed by atoms with Gasteiger partial charge in [0, 0.05) is 28.2 Å². The van der Waals surface area contributed by atoms with Gasteiger partial charge in [-0.15, -0.1) is 0 Å². The van der Waals surface area contributed by atoms with Crippen LogP contribution in [0.3, 0.4) is 0 Å². The molecule has 2 saturated heterocycles. The minimum absolute atomic E-state index is 0.0798. The van der Waals surface area contributed by atoms with Crippen molar-refractivity contribution in [1.82, 2.24) is 0 Å². The average Bonchev–Trinajstić information content (AvgIpc) is 3.58. The maximum Gasteiger partial charge on any atom is 0.311 e. The van der Waals surface area contributed by atoms with Crippen LogP contribution in [0.25, 0.3) is 0 Å². The summed E-state index contributed by atoms with van der Waals surface area (Å²) < 4.78 is 36.6. The van der Waals surface area contributed by atoms with Gasteiger partial charge in [-0.25, -0.2) is 0 Å². The van der Waals surface area contributed by atoms with E-state index in [9.17, 15) is 19.2 Å². The Hall–Kier alpha value is -3.21. The SMILES string of the molecule is CC[C@@H](C)C(=O)O[C@@H]1[C@H]2C(=O)[C@](C)([C@@H]3CC[C@@]4(C)[C@H](c5ccoc5)OC(=O)C[C@]45O[C@@]2(OC(=O)[C@H](C)CC)C35)[C@@H](CC(=O)OC)C1(C)C. The van der Waals surface area contributed by atoms with Crippen molar-refractivity contribution in [3.8, 4) is 0 Å². The Morgan fingerprint density at radius 1 is 1.02 bits per heavy atom. The summed E-state index contributed by atoms with van der Waals surface area (Å²) in [6.07, 6.45) is 3.13. The number of hydrogen-bond donors (Lipinski definition) is 0. The van der Waals surface area contributed by atoms with Crippen molar-refractivity contribution < 1.29 is 52.1 Å². The fourth-order valence-electron chi connectivity index (χ4n) is 10.4. The van der Waals surface area contributed by atoms with Gasteiger partial charge in [0.05, 0.1) is 43.8 Å². The minimum Gasteiger partial charge on any atom is -0.472 e. The molecule has 6 rings (SSSR count). The van der Waals surface area contributed by atoms with Crippen LogP contribution < -0.4 is 0 Å². The highest BCUT2D eigenvalue weighted by molar-refractivity contribution is 5.93. The van der Waals surface area contributed by atoms with Crippen LogP contribution in [0.15, 0.2) is 23.0 Å². The monoisotopic (exact) mass is 670 g/mol. The van der Waals surface area contributed by atoms with Crippen molar-refractivity contribution in [3.05, 3.63) is 24.2 Å². The van der Waals surface area contributed by atoms with E-state index in [0.29, 0.717) is 31.2 Å². The Bertz CT molecular complexity index is 1500. The summed E-state index contributed by atoms with van der Waals surface area (Å²) in [5, 5.41) is 0. The number of carbonyl (C=O) groups is 5. The largest absolute Gasteiger partial charge is 0.472 e. The molecule has 1 unspecified atom stereocenters. The first-order valence-corrected chi connectivity index (χ1v) is 17.5. The molecule has 1 spiro atoms. The zero-order valence-electron chi connectivity index (χ0n) is 29.6. The van der Waals surface area contributed by atoms with Crippen LogP contribution in [0.1, 0.15) is 106 Å². The highest BCUT2D eigenvalue weighted by Gasteiger charge is 2.90. The van der Waals surface area contributed by atoms with Crippen molar-refractivity contribution in [2.75, 3.05) is 7.11 Å². The molecule has 2 bridgehead atoms. The fourth-order valence-corrected chi connectivity index (χ4v) is 10.4. The molecule has 0 amide bonds. The van der Waals surface area contributed by atoms with Gasteiger partial charge in [0.25, 0.3) is 0 Å². The molecule has 48 heavy (non-hydrogen) atoms. The van der Waals surface area contributed by atoms with Crippen molar-refractivity contribution in [1.29, 1.82) is 0 Å². The zero-order valence-corrected chi connectivity index (χ0v) is 29.6. The number of Topliss-reactive ketones (excluding diaryl/α,β-unsaturated/α-hetero) is 1. The van der Waals surface area contributed by atoms with Gasteiger partial charge in [-0.1, -0.05) is 55.4 Å². The maximum absolute atomic E-state index is 15.3. The third kappa shape index (κ3) is 4.37. The second-order valence-electron chi connectivity index (χ2n) is 16.0. The van der Waals surface area contributed by atoms with Gasteiger partial charge in [0.15, 0.2) is 5.78 Å². The molecule has 1 aromatic heterocycles. The third-order valence-electron chi connectivity index (χ3n) is 13.5. The summed E-state index contributed by atoms with van der Waals surface area (Å²) in [6.45, 7) is 15.0. The lowest BCUT2D eigenvalue weighted by Crippen LogP contribution is -2.90. The first-order chi connectivity index (χ1) is 22.5. The molecule has 12 atom stereocenters. The number of rotatable bonds is 9. The summed E-state index contributed by atoms with van der Waals surface area (Å²) in [5.41, 5.74) is -3.39. The van der Waals surface area contributed by atoms with Crippen LogP contribution in [0, 0.1) is 51.8 Å². The van der Waals surface area contributed by atoms with Gasteiger partial charge in [0.1, 0.15) is 23.7 Å². The summed E-state index contributed by atoms with van der Waals surface area (Å²) in [7, 11) is 1.32. The van der Waals surface area contributed by atoms with Crippen LogP contribution in [0.2, 0.25) is 0 Å². The molecule has 3 saturated carbocycles. The van der Waals surface area contributed by atoms with E-state index >= 15 is 4.79 Å². The minimum atomic E-state index is -1.81. The van der Waals surface area contributed by atoms with E-state index < -0.39 is 99.2 Å². The van der Waals surface area contributed by atoms with E-state index in [1.807, 2.05) is 41.5 Å². The summed E-state index contributed by atoms with van der Waals surface area (Å²) in [5.74, 6) is -7.90. The molecular weight excluding hydrogens is 620 g/mol. The van der Waals surface area contributed by atoms with Crippen LogP contribution in [0.5, 0.6) is 0 Å². The molecular formula is C37H50O11. The normalized spacial score (nSPS) is 41.8. The predicted octanol–water partition coefficient (Wildman–Crippen LogP) is 5.74. The number of fused-ring (bicyclic) bond motifs is 4. The predicted molar refractivity (Wildman–Crippen MR) is 168 cm³/mol. The number of methoxy groups -OCH3 is 1. The lowest BCUT2D eigenvalue weighted by molar-refractivity contribution is -0.505. The number of carbonyl (C=O) groups excluding carboxylic acids is 5. The van der Waals surface area contributed by atoms with Crippen molar-refractivity contribution in [3.63, 3.8) is 0 Å². The highest BCUT2D eigenvalue weighted by Crippen LogP contribution is 2.80. The van der Waals surface area contributed by atoms with Gasteiger partial charge in [-0.05, 0) is 43.6 Å². The Morgan fingerprint density at radius 3 is 2.29 bits per heavy atom. The molecule has 11 nitrogen and oxygen atoms in total. The van der Waals surface area contributed by atoms with E-state index in [2.05, 4.69) is 0 Å². The third-order valence-corrected chi connectivity index (χ3v) is 13.5. The molecule has 0 aromatic carbocycles. The summed E-state index contributed by atoms with van der Waals surface area (Å²) in [4.78, 5) is 69.4. The summed E-state index contributed by atoms with van der Waals surface area (Å²) >= 11 is 0. The van der Waals surface area contributed by atoms with Gasteiger partial charge in [-0.2, -0.15) is 0 Å². The Balaban J connectivity index is 1.59. The van der Waals surface area contributed by atoms with Crippen molar-refractivity contribution in [2.24, 2.45) is 51.8 Å². The smallest absolute Gasteiger partial charge is 0.311 e. The van der Waals surface area contributed by atoms with Crippen LogP contribution in [0.4, 0.5) is 0 Å². The number of esters is 4. The van der Waals surface area contributed by atoms with Crippen molar-refractivity contribution >= 4 is 29.7 Å². The second-order valence-corrected chi connectivity index (χ2v) is 16.0. The molecule has 5 fully saturated rings. The maximum atomic E-state index is 15.3. The number of hydrogen-bond acceptors (Lipinski definition) is 11. The highest BCUT2D eigenvalue weighted by atomic mass is 16.8. The van der Waals surface area contributed by atoms with E-state index in [-0.39, 0.29) is 18.6 Å². The first kappa shape index (κ1) is 34.6. The van der Waals surface area contributed by atoms with Gasteiger partial charge >= 0.3 is 23.9 Å². The molecule has 0 radical (unpaired) electrons. The fraction of sp³-hybridized carbons (Fsp3) is 0.757. The van der Waals surface area contributed by atoms with Crippen LogP contribution in [-0.4, -0.2) is 54.3 Å². The molecule has 2 aliphatic heterocycles. The van der Waals surface area contributed by atoms with Crippen LogP contribution >= 0.6 is 0 Å². The van der Waals surface area contributed by atoms with E-state index in [4.69, 9.17) is 28.1 Å². The Kier molecular flexibility index (Phi) is 8.24. The quantitative estimate of drug-likeness (QED) is 0.234. The molecule has 5 aliphatic rings. The first-order valence-electron chi connectivity index (χ1n) is 17.5.